The first-order valence-corrected chi connectivity index (χ1v) is 12.7. The molecule has 1 saturated carbocycles. The maximum absolute atomic E-state index is 11.9. The standard InChI is InChI=1S/C24H41N3O11/c1-7-8-27-16-9-15(25)20(18(32)21(16)34-12(4)29)38-24-17(26)22(35-13(5)30)23(36-14(6)31)19(37-24)10(2)33-11(3)28/h10,15-24,27,32H,7-9,25-26H2,1-6H3/t10-,15?,16?,17?,18?,19?,20?,21?,22?,23?,24?/m1/s1. The van der Waals surface area contributed by atoms with Crippen molar-refractivity contribution in [1.29, 1.82) is 0 Å². The lowest BCUT2D eigenvalue weighted by Crippen LogP contribution is -2.69. The van der Waals surface area contributed by atoms with Crippen molar-refractivity contribution in [1.82, 2.24) is 5.32 Å². The van der Waals surface area contributed by atoms with Crippen LogP contribution < -0.4 is 16.8 Å². The Kier molecular flexibility index (Phi) is 11.9. The van der Waals surface area contributed by atoms with Crippen LogP contribution >= 0.6 is 0 Å². The molecule has 14 heteroatoms. The Hall–Kier alpha value is -2.36. The van der Waals surface area contributed by atoms with Gasteiger partial charge in [0, 0.05) is 39.8 Å². The van der Waals surface area contributed by atoms with Gasteiger partial charge in [-0.25, -0.2) is 0 Å². The quantitative estimate of drug-likeness (QED) is 0.184. The first-order valence-electron chi connectivity index (χ1n) is 12.7. The third-order valence-electron chi connectivity index (χ3n) is 6.32. The fourth-order valence-corrected chi connectivity index (χ4v) is 4.82. The van der Waals surface area contributed by atoms with Crippen molar-refractivity contribution in [2.45, 2.75) is 122 Å². The van der Waals surface area contributed by atoms with Gasteiger partial charge in [-0.3, -0.25) is 19.2 Å². The van der Waals surface area contributed by atoms with Crippen molar-refractivity contribution in [3.8, 4) is 0 Å². The van der Waals surface area contributed by atoms with E-state index in [0.29, 0.717) is 13.0 Å². The fraction of sp³-hybridized carbons (Fsp3) is 0.833. The highest BCUT2D eigenvalue weighted by Gasteiger charge is 2.54. The average Bonchev–Trinajstić information content (AvgIpc) is 2.79. The molecular weight excluding hydrogens is 506 g/mol. The summed E-state index contributed by atoms with van der Waals surface area (Å²) in [6, 6.07) is -2.36. The van der Waals surface area contributed by atoms with Crippen molar-refractivity contribution in [2.24, 2.45) is 11.5 Å². The van der Waals surface area contributed by atoms with Crippen LogP contribution in [-0.4, -0.2) is 103 Å². The van der Waals surface area contributed by atoms with Gasteiger partial charge in [0.2, 0.25) is 0 Å². The lowest BCUT2D eigenvalue weighted by molar-refractivity contribution is -0.305. The number of hydrogen-bond donors (Lipinski definition) is 4. The van der Waals surface area contributed by atoms with Crippen LogP contribution in [0, 0.1) is 0 Å². The molecule has 6 N–H and O–H groups in total. The molecule has 0 aromatic rings. The summed E-state index contributed by atoms with van der Waals surface area (Å²) in [7, 11) is 0. The summed E-state index contributed by atoms with van der Waals surface area (Å²) in [6.07, 6.45) is -8.32. The highest BCUT2D eigenvalue weighted by Crippen LogP contribution is 2.32. The minimum Gasteiger partial charge on any atom is -0.460 e. The van der Waals surface area contributed by atoms with E-state index < -0.39 is 91.0 Å². The van der Waals surface area contributed by atoms with Gasteiger partial charge in [-0.1, -0.05) is 6.92 Å². The number of hydrogen-bond acceptors (Lipinski definition) is 14. The van der Waals surface area contributed by atoms with E-state index in [4.69, 9.17) is 39.9 Å². The van der Waals surface area contributed by atoms with Gasteiger partial charge in [-0.2, -0.15) is 0 Å². The maximum Gasteiger partial charge on any atom is 0.303 e. The smallest absolute Gasteiger partial charge is 0.303 e. The van der Waals surface area contributed by atoms with Crippen LogP contribution in [0.5, 0.6) is 0 Å². The number of aliphatic hydroxyl groups excluding tert-OH is 1. The van der Waals surface area contributed by atoms with Crippen LogP contribution in [0.1, 0.15) is 54.4 Å². The van der Waals surface area contributed by atoms with E-state index >= 15 is 0 Å². The average molecular weight is 548 g/mol. The Balaban J connectivity index is 2.37. The zero-order valence-electron chi connectivity index (χ0n) is 22.7. The lowest BCUT2D eigenvalue weighted by atomic mass is 9.83. The third kappa shape index (κ3) is 8.32. The molecule has 0 aromatic heterocycles. The molecule has 0 radical (unpaired) electrons. The molecule has 11 atom stereocenters. The van der Waals surface area contributed by atoms with Crippen LogP contribution in [0.25, 0.3) is 0 Å². The molecule has 14 nitrogen and oxygen atoms in total. The molecule has 0 aromatic carbocycles. The number of ether oxygens (including phenoxy) is 6. The molecular formula is C24H41N3O11. The van der Waals surface area contributed by atoms with E-state index in [1.54, 1.807) is 0 Å². The maximum atomic E-state index is 11.9. The van der Waals surface area contributed by atoms with E-state index in [9.17, 15) is 24.3 Å². The number of aliphatic hydroxyl groups is 1. The summed E-state index contributed by atoms with van der Waals surface area (Å²) in [5.74, 6) is -2.64. The lowest BCUT2D eigenvalue weighted by Gasteiger charge is -2.48. The molecule has 1 aliphatic heterocycles. The largest absolute Gasteiger partial charge is 0.460 e. The SMILES string of the molecule is CCCNC1CC(N)C(OC2OC([C@@H](C)OC(C)=O)C(OC(C)=O)C(OC(C)=O)C2N)C(O)C1OC(C)=O. The minimum absolute atomic E-state index is 0.290. The molecule has 10 unspecified atom stereocenters. The number of nitrogens with one attached hydrogen (secondary N) is 1. The van der Waals surface area contributed by atoms with Crippen LogP contribution in [0.3, 0.4) is 0 Å². The molecule has 2 rings (SSSR count). The van der Waals surface area contributed by atoms with Crippen LogP contribution in [0.15, 0.2) is 0 Å². The van der Waals surface area contributed by atoms with Crippen LogP contribution in [-0.2, 0) is 47.6 Å². The monoisotopic (exact) mass is 547 g/mol. The van der Waals surface area contributed by atoms with Gasteiger partial charge < -0.3 is 50.3 Å². The summed E-state index contributed by atoms with van der Waals surface area (Å²) < 4.78 is 33.5. The van der Waals surface area contributed by atoms with Gasteiger partial charge in [0.1, 0.15) is 30.5 Å². The van der Waals surface area contributed by atoms with Gasteiger partial charge in [0.25, 0.3) is 0 Å². The van der Waals surface area contributed by atoms with Gasteiger partial charge >= 0.3 is 23.9 Å². The molecule has 38 heavy (non-hydrogen) atoms. The Morgan fingerprint density at radius 2 is 1.47 bits per heavy atom. The fourth-order valence-electron chi connectivity index (χ4n) is 4.82. The van der Waals surface area contributed by atoms with Crippen molar-refractivity contribution < 1.29 is 52.7 Å². The normalized spacial score (nSPS) is 36.0. The van der Waals surface area contributed by atoms with Gasteiger partial charge in [0.15, 0.2) is 18.5 Å². The van der Waals surface area contributed by atoms with E-state index in [0.717, 1.165) is 20.3 Å². The second-order valence-electron chi connectivity index (χ2n) is 9.63. The third-order valence-corrected chi connectivity index (χ3v) is 6.32. The summed E-state index contributed by atoms with van der Waals surface area (Å²) in [5, 5.41) is 14.4. The Bertz CT molecular complexity index is 843. The number of esters is 4. The topological polar surface area (TPSA) is 208 Å². The number of rotatable bonds is 10. The van der Waals surface area contributed by atoms with E-state index in [1.165, 1.54) is 20.8 Å². The summed E-state index contributed by atoms with van der Waals surface area (Å²) in [4.78, 5) is 47.2. The zero-order valence-corrected chi connectivity index (χ0v) is 22.7. The molecule has 0 bridgehead atoms. The zero-order chi connectivity index (χ0) is 28.7. The molecule has 218 valence electrons. The van der Waals surface area contributed by atoms with Crippen molar-refractivity contribution in [3.05, 3.63) is 0 Å². The predicted octanol–water partition coefficient (Wildman–Crippen LogP) is -1.37. The molecule has 1 aliphatic carbocycles. The highest BCUT2D eigenvalue weighted by molar-refractivity contribution is 5.68. The summed E-state index contributed by atoms with van der Waals surface area (Å²) in [6.45, 7) is 8.82. The molecule has 0 spiro atoms. The number of nitrogens with two attached hydrogens (primary N) is 2. The van der Waals surface area contributed by atoms with Crippen LogP contribution in [0.2, 0.25) is 0 Å². The predicted molar refractivity (Wildman–Crippen MR) is 130 cm³/mol. The Labute approximate surface area is 221 Å². The van der Waals surface area contributed by atoms with E-state index in [1.807, 2.05) is 6.92 Å². The second-order valence-corrected chi connectivity index (χ2v) is 9.63. The Morgan fingerprint density at radius 1 is 0.921 bits per heavy atom. The molecule has 1 saturated heterocycles. The number of carbonyl (C=O) groups excluding carboxylic acids is 4. The molecule has 1 heterocycles. The molecule has 2 fully saturated rings. The molecule has 0 amide bonds. The summed E-state index contributed by atoms with van der Waals surface area (Å²) in [5.41, 5.74) is 12.7. The first-order chi connectivity index (χ1) is 17.8. The van der Waals surface area contributed by atoms with Gasteiger partial charge in [-0.05, 0) is 26.3 Å². The van der Waals surface area contributed by atoms with Crippen LogP contribution in [0.4, 0.5) is 0 Å². The minimum atomic E-state index is -1.37. The second kappa shape index (κ2) is 14.1. The highest BCUT2D eigenvalue weighted by atomic mass is 16.7. The summed E-state index contributed by atoms with van der Waals surface area (Å²) >= 11 is 0. The van der Waals surface area contributed by atoms with E-state index in [-0.39, 0.29) is 0 Å². The van der Waals surface area contributed by atoms with Crippen molar-refractivity contribution in [3.63, 3.8) is 0 Å². The first kappa shape index (κ1) is 31.9. The Morgan fingerprint density at radius 3 is 2.00 bits per heavy atom. The van der Waals surface area contributed by atoms with Gasteiger partial charge in [0.05, 0.1) is 6.04 Å². The molecule has 2 aliphatic rings. The number of carbonyl (C=O) groups is 4. The van der Waals surface area contributed by atoms with Crippen molar-refractivity contribution >= 4 is 23.9 Å². The van der Waals surface area contributed by atoms with Gasteiger partial charge in [-0.15, -0.1) is 0 Å². The van der Waals surface area contributed by atoms with Crippen molar-refractivity contribution in [2.75, 3.05) is 6.54 Å². The van der Waals surface area contributed by atoms with E-state index in [2.05, 4.69) is 5.32 Å².